The number of aliphatic hydroxyl groups excluding tert-OH is 1. The van der Waals surface area contributed by atoms with Crippen LogP contribution in [0.5, 0.6) is 5.75 Å². The van der Waals surface area contributed by atoms with Gasteiger partial charge in [-0.1, -0.05) is 12.1 Å². The number of ether oxygens (including phenoxy) is 1. The molecule has 32 heavy (non-hydrogen) atoms. The molecular weight excluding hydrogens is 408 g/mol. The number of aromatic nitrogens is 3. The maximum Gasteiger partial charge on any atom is 0.224 e. The minimum Gasteiger partial charge on any atom is -0.491 e. The Morgan fingerprint density at radius 1 is 1.25 bits per heavy atom. The summed E-state index contributed by atoms with van der Waals surface area (Å²) >= 11 is 0. The summed E-state index contributed by atoms with van der Waals surface area (Å²) in [6, 6.07) is 8.03. The Bertz CT molecular complexity index is 902. The lowest BCUT2D eigenvalue weighted by atomic mass is 9.98. The summed E-state index contributed by atoms with van der Waals surface area (Å²) in [5, 5.41) is 20.8. The minimum absolute atomic E-state index is 0.0103. The van der Waals surface area contributed by atoms with E-state index in [1.54, 1.807) is 0 Å². The summed E-state index contributed by atoms with van der Waals surface area (Å²) in [6.07, 6.45) is 2.85. The van der Waals surface area contributed by atoms with Crippen molar-refractivity contribution in [2.45, 2.75) is 38.9 Å². The van der Waals surface area contributed by atoms with Crippen LogP contribution in [-0.2, 0) is 30.8 Å². The first-order valence-electron chi connectivity index (χ1n) is 11.5. The van der Waals surface area contributed by atoms with Crippen molar-refractivity contribution in [2.24, 2.45) is 5.92 Å². The van der Waals surface area contributed by atoms with Crippen LogP contribution in [0.4, 0.5) is 0 Å². The highest BCUT2D eigenvalue weighted by molar-refractivity contribution is 5.78. The molecule has 1 amide bonds. The average molecular weight is 443 g/mol. The standard InChI is InChI=1S/C23H34N6O3/c1-27-8-3-5-19(17-27)23(31)24-15-22-26-25-21-7-9-28(10-11-29(21)22)16-18-4-2-6-20(14-18)32-13-12-30/h2,4,6,14,19,30H,3,5,7-13,15-17H2,1H3,(H,24,31). The molecule has 1 saturated heterocycles. The number of nitrogens with one attached hydrogen (secondary N) is 1. The maximum absolute atomic E-state index is 12.6. The summed E-state index contributed by atoms with van der Waals surface area (Å²) in [5.74, 6) is 2.78. The zero-order chi connectivity index (χ0) is 22.3. The summed E-state index contributed by atoms with van der Waals surface area (Å²) in [5.41, 5.74) is 1.18. The van der Waals surface area contributed by atoms with Gasteiger partial charge >= 0.3 is 0 Å². The monoisotopic (exact) mass is 442 g/mol. The molecule has 1 atom stereocenters. The van der Waals surface area contributed by atoms with E-state index >= 15 is 0 Å². The number of aliphatic hydroxyl groups is 1. The van der Waals surface area contributed by atoms with E-state index in [0.29, 0.717) is 13.2 Å². The van der Waals surface area contributed by atoms with Crippen molar-refractivity contribution in [1.82, 2.24) is 29.9 Å². The van der Waals surface area contributed by atoms with Crippen molar-refractivity contribution < 1.29 is 14.6 Å². The Morgan fingerprint density at radius 2 is 2.16 bits per heavy atom. The molecule has 2 N–H and O–H groups in total. The number of carbonyl (C=O) groups excluding carboxylic acids is 1. The number of hydrogen-bond acceptors (Lipinski definition) is 7. The van der Waals surface area contributed by atoms with Crippen LogP contribution in [0.15, 0.2) is 24.3 Å². The number of piperidine rings is 1. The number of fused-ring (bicyclic) bond motifs is 1. The molecule has 3 heterocycles. The lowest BCUT2D eigenvalue weighted by Gasteiger charge is -2.28. The number of hydrogen-bond donors (Lipinski definition) is 2. The third-order valence-corrected chi connectivity index (χ3v) is 6.28. The van der Waals surface area contributed by atoms with Crippen LogP contribution in [0.25, 0.3) is 0 Å². The van der Waals surface area contributed by atoms with Gasteiger partial charge in [-0.3, -0.25) is 9.69 Å². The lowest BCUT2D eigenvalue weighted by Crippen LogP contribution is -2.41. The summed E-state index contributed by atoms with van der Waals surface area (Å²) in [7, 11) is 2.07. The smallest absolute Gasteiger partial charge is 0.224 e. The molecule has 2 aliphatic rings. The number of amides is 1. The van der Waals surface area contributed by atoms with Crippen molar-refractivity contribution in [2.75, 3.05) is 46.4 Å². The van der Waals surface area contributed by atoms with Crippen LogP contribution in [0.2, 0.25) is 0 Å². The van der Waals surface area contributed by atoms with E-state index < -0.39 is 0 Å². The second kappa shape index (κ2) is 10.9. The Labute approximate surface area is 189 Å². The molecule has 0 bridgehead atoms. The first kappa shape index (κ1) is 22.7. The normalized spacial score (nSPS) is 19.9. The number of carbonyl (C=O) groups is 1. The largest absolute Gasteiger partial charge is 0.491 e. The van der Waals surface area contributed by atoms with Gasteiger partial charge in [0.15, 0.2) is 5.82 Å². The predicted molar refractivity (Wildman–Crippen MR) is 120 cm³/mol. The molecule has 9 heteroatoms. The highest BCUT2D eigenvalue weighted by atomic mass is 16.5. The topological polar surface area (TPSA) is 95.8 Å². The molecule has 2 aliphatic heterocycles. The number of likely N-dealkylation sites (tertiary alicyclic amines) is 1. The molecule has 4 rings (SSSR count). The van der Waals surface area contributed by atoms with Gasteiger partial charge in [-0.05, 0) is 44.1 Å². The van der Waals surface area contributed by atoms with Crippen LogP contribution in [0.1, 0.15) is 30.1 Å². The van der Waals surface area contributed by atoms with Crippen molar-refractivity contribution >= 4 is 5.91 Å². The molecule has 1 aromatic carbocycles. The van der Waals surface area contributed by atoms with Gasteiger partial charge in [-0.25, -0.2) is 0 Å². The molecule has 2 aromatic rings. The average Bonchev–Trinajstić information content (AvgIpc) is 3.08. The van der Waals surface area contributed by atoms with E-state index in [2.05, 4.69) is 43.0 Å². The summed E-state index contributed by atoms with van der Waals surface area (Å²) in [4.78, 5) is 17.2. The van der Waals surface area contributed by atoms with Crippen LogP contribution < -0.4 is 10.1 Å². The Morgan fingerprint density at radius 3 is 3.00 bits per heavy atom. The second-order valence-electron chi connectivity index (χ2n) is 8.75. The van der Waals surface area contributed by atoms with Crippen LogP contribution in [-0.4, -0.2) is 82.0 Å². The molecule has 1 aromatic heterocycles. The van der Waals surface area contributed by atoms with Gasteiger partial charge in [0.1, 0.15) is 18.2 Å². The first-order chi connectivity index (χ1) is 15.6. The van der Waals surface area contributed by atoms with Crippen molar-refractivity contribution in [1.29, 1.82) is 0 Å². The molecule has 1 fully saturated rings. The fourth-order valence-corrected chi connectivity index (χ4v) is 4.56. The first-order valence-corrected chi connectivity index (χ1v) is 11.5. The lowest BCUT2D eigenvalue weighted by molar-refractivity contribution is -0.126. The molecule has 0 aliphatic carbocycles. The molecule has 9 nitrogen and oxygen atoms in total. The molecule has 0 saturated carbocycles. The van der Waals surface area contributed by atoms with E-state index in [0.717, 1.165) is 75.9 Å². The quantitative estimate of drug-likeness (QED) is 0.620. The third-order valence-electron chi connectivity index (χ3n) is 6.28. The molecule has 174 valence electrons. The summed E-state index contributed by atoms with van der Waals surface area (Å²) < 4.78 is 7.69. The van der Waals surface area contributed by atoms with Crippen LogP contribution >= 0.6 is 0 Å². The van der Waals surface area contributed by atoms with E-state index in [1.807, 2.05) is 18.2 Å². The van der Waals surface area contributed by atoms with Gasteiger partial charge in [0.25, 0.3) is 0 Å². The number of nitrogens with zero attached hydrogens (tertiary/aromatic N) is 5. The third kappa shape index (κ3) is 5.85. The van der Waals surface area contributed by atoms with Crippen LogP contribution in [0.3, 0.4) is 0 Å². The highest BCUT2D eigenvalue weighted by Crippen LogP contribution is 2.18. The maximum atomic E-state index is 12.6. The predicted octanol–water partition coefficient (Wildman–Crippen LogP) is 0.666. The molecule has 1 unspecified atom stereocenters. The van der Waals surface area contributed by atoms with Crippen molar-refractivity contribution in [3.8, 4) is 5.75 Å². The van der Waals surface area contributed by atoms with E-state index in [-0.39, 0.29) is 18.4 Å². The zero-order valence-electron chi connectivity index (χ0n) is 18.9. The van der Waals surface area contributed by atoms with Gasteiger partial charge in [-0.15, -0.1) is 10.2 Å². The summed E-state index contributed by atoms with van der Waals surface area (Å²) in [6.45, 7) is 6.06. The van der Waals surface area contributed by atoms with Gasteiger partial charge in [0.2, 0.25) is 5.91 Å². The number of benzene rings is 1. The Balaban J connectivity index is 1.31. The van der Waals surface area contributed by atoms with Gasteiger partial charge in [0.05, 0.1) is 19.1 Å². The van der Waals surface area contributed by atoms with Gasteiger partial charge in [0, 0.05) is 39.1 Å². The fourth-order valence-electron chi connectivity index (χ4n) is 4.56. The van der Waals surface area contributed by atoms with Crippen molar-refractivity contribution in [3.05, 3.63) is 41.5 Å². The van der Waals surface area contributed by atoms with Gasteiger partial charge < -0.3 is 24.6 Å². The molecule has 0 spiro atoms. The fraction of sp³-hybridized carbons (Fsp3) is 0.609. The zero-order valence-corrected chi connectivity index (χ0v) is 18.9. The number of rotatable bonds is 8. The van der Waals surface area contributed by atoms with Crippen LogP contribution in [0, 0.1) is 5.92 Å². The Hall–Kier alpha value is -2.49. The SMILES string of the molecule is CN1CCCC(C(=O)NCc2nnc3n2CCN(Cc2cccc(OCCO)c2)CC3)C1. The second-order valence-corrected chi connectivity index (χ2v) is 8.75. The Kier molecular flexibility index (Phi) is 7.72. The van der Waals surface area contributed by atoms with Gasteiger partial charge in [-0.2, -0.15) is 0 Å². The van der Waals surface area contributed by atoms with E-state index in [9.17, 15) is 4.79 Å². The van der Waals surface area contributed by atoms with Crippen molar-refractivity contribution in [3.63, 3.8) is 0 Å². The molecular formula is C23H34N6O3. The molecule has 0 radical (unpaired) electrons. The van der Waals surface area contributed by atoms with E-state index in [4.69, 9.17) is 9.84 Å². The minimum atomic E-state index is 0.0103. The highest BCUT2D eigenvalue weighted by Gasteiger charge is 2.25. The van der Waals surface area contributed by atoms with E-state index in [1.165, 1.54) is 5.56 Å².